The molecule has 3 rings (SSSR count). The Labute approximate surface area is 214 Å². The van der Waals surface area contributed by atoms with Gasteiger partial charge in [0.05, 0.1) is 0 Å². The SMILES string of the molecule is CCCCCCCC1CCC(C(CCO)C2CCC(C3CCC(CCCCC)CC3)CC2)CC1. The van der Waals surface area contributed by atoms with Crippen molar-refractivity contribution in [1.29, 1.82) is 0 Å². The number of hydrogen-bond acceptors (Lipinski definition) is 1. The van der Waals surface area contributed by atoms with Gasteiger partial charge >= 0.3 is 0 Å². The Morgan fingerprint density at radius 1 is 0.529 bits per heavy atom. The maximum atomic E-state index is 9.89. The quantitative estimate of drug-likeness (QED) is 0.234. The highest BCUT2D eigenvalue weighted by atomic mass is 16.3. The molecule has 3 aliphatic rings. The summed E-state index contributed by atoms with van der Waals surface area (Å²) in [5.74, 6) is 6.82. The van der Waals surface area contributed by atoms with Gasteiger partial charge in [-0.1, -0.05) is 104 Å². The van der Waals surface area contributed by atoms with E-state index >= 15 is 0 Å². The zero-order chi connectivity index (χ0) is 24.0. The van der Waals surface area contributed by atoms with Crippen molar-refractivity contribution < 1.29 is 5.11 Å². The van der Waals surface area contributed by atoms with Crippen molar-refractivity contribution in [2.75, 3.05) is 6.61 Å². The van der Waals surface area contributed by atoms with Crippen molar-refractivity contribution in [3.63, 3.8) is 0 Å². The lowest BCUT2D eigenvalue weighted by molar-refractivity contribution is 0.0688. The highest BCUT2D eigenvalue weighted by Crippen LogP contribution is 2.47. The third-order valence-electron chi connectivity index (χ3n) is 10.9. The van der Waals surface area contributed by atoms with Crippen LogP contribution in [0.2, 0.25) is 0 Å². The van der Waals surface area contributed by atoms with E-state index in [2.05, 4.69) is 13.8 Å². The first-order valence-electron chi connectivity index (χ1n) is 16.4. The van der Waals surface area contributed by atoms with Crippen LogP contribution in [0.1, 0.15) is 162 Å². The number of aliphatic hydroxyl groups excluding tert-OH is 1. The number of aliphatic hydroxyl groups is 1. The highest BCUT2D eigenvalue weighted by molar-refractivity contribution is 4.87. The van der Waals surface area contributed by atoms with Crippen LogP contribution >= 0.6 is 0 Å². The van der Waals surface area contributed by atoms with Crippen LogP contribution in [-0.4, -0.2) is 11.7 Å². The van der Waals surface area contributed by atoms with Crippen molar-refractivity contribution in [2.45, 2.75) is 162 Å². The maximum Gasteiger partial charge on any atom is 0.0433 e. The summed E-state index contributed by atoms with van der Waals surface area (Å²) >= 11 is 0. The molecule has 1 unspecified atom stereocenters. The molecule has 1 atom stereocenters. The number of rotatable bonds is 15. The van der Waals surface area contributed by atoms with Crippen LogP contribution in [0.15, 0.2) is 0 Å². The average molecular weight is 475 g/mol. The van der Waals surface area contributed by atoms with Gasteiger partial charge in [0.25, 0.3) is 0 Å². The summed E-state index contributed by atoms with van der Waals surface area (Å²) in [5.41, 5.74) is 0. The van der Waals surface area contributed by atoms with E-state index < -0.39 is 0 Å². The van der Waals surface area contributed by atoms with Gasteiger partial charge in [-0.3, -0.25) is 0 Å². The normalized spacial score (nSPS) is 33.6. The van der Waals surface area contributed by atoms with Gasteiger partial charge in [0.1, 0.15) is 0 Å². The van der Waals surface area contributed by atoms with Crippen molar-refractivity contribution in [1.82, 2.24) is 0 Å². The van der Waals surface area contributed by atoms with Crippen molar-refractivity contribution in [2.24, 2.45) is 41.4 Å². The summed E-state index contributed by atoms with van der Waals surface area (Å²) in [6.45, 7) is 5.07. The summed E-state index contributed by atoms with van der Waals surface area (Å²) in [6.07, 6.45) is 33.6. The lowest BCUT2D eigenvalue weighted by atomic mass is 9.63. The van der Waals surface area contributed by atoms with Crippen LogP contribution in [0.25, 0.3) is 0 Å². The summed E-state index contributed by atoms with van der Waals surface area (Å²) in [5, 5.41) is 9.89. The van der Waals surface area contributed by atoms with Gasteiger partial charge in [0.15, 0.2) is 0 Å². The van der Waals surface area contributed by atoms with E-state index in [-0.39, 0.29) is 0 Å². The van der Waals surface area contributed by atoms with Gasteiger partial charge in [0, 0.05) is 6.61 Å². The van der Waals surface area contributed by atoms with Crippen LogP contribution in [0.3, 0.4) is 0 Å². The largest absolute Gasteiger partial charge is 0.396 e. The first-order chi connectivity index (χ1) is 16.7. The van der Waals surface area contributed by atoms with Gasteiger partial charge < -0.3 is 5.11 Å². The maximum absolute atomic E-state index is 9.89. The van der Waals surface area contributed by atoms with Crippen LogP contribution in [0.5, 0.6) is 0 Å². The molecule has 0 aromatic carbocycles. The van der Waals surface area contributed by atoms with E-state index in [1.54, 1.807) is 0 Å². The molecule has 34 heavy (non-hydrogen) atoms. The fraction of sp³-hybridized carbons (Fsp3) is 1.00. The summed E-state index contributed by atoms with van der Waals surface area (Å²) in [6, 6.07) is 0. The fourth-order valence-corrected chi connectivity index (χ4v) is 8.62. The molecule has 0 heterocycles. The summed E-state index contributed by atoms with van der Waals surface area (Å²) in [7, 11) is 0. The molecule has 3 fully saturated rings. The Balaban J connectivity index is 1.35. The number of hydrogen-bond donors (Lipinski definition) is 1. The molecule has 3 saturated carbocycles. The standard InChI is InChI=1S/C33H62O/c1-3-5-7-8-10-12-28-15-19-31(20-16-28)33(25-26-34)32-23-21-30(22-24-32)29-17-13-27(14-18-29)11-9-6-4-2/h27-34H,3-26H2,1-2H3. The highest BCUT2D eigenvalue weighted by Gasteiger charge is 2.36. The molecular weight excluding hydrogens is 412 g/mol. The molecule has 1 N–H and O–H groups in total. The van der Waals surface area contributed by atoms with E-state index in [4.69, 9.17) is 0 Å². The molecule has 0 aromatic rings. The second-order valence-electron chi connectivity index (χ2n) is 13.1. The minimum atomic E-state index is 0.421. The first-order valence-corrected chi connectivity index (χ1v) is 16.4. The van der Waals surface area contributed by atoms with E-state index in [1.165, 1.54) is 141 Å². The molecule has 1 heteroatoms. The van der Waals surface area contributed by atoms with Gasteiger partial charge in [-0.25, -0.2) is 0 Å². The summed E-state index contributed by atoms with van der Waals surface area (Å²) < 4.78 is 0. The van der Waals surface area contributed by atoms with E-state index in [0.717, 1.165) is 47.8 Å². The summed E-state index contributed by atoms with van der Waals surface area (Å²) in [4.78, 5) is 0. The van der Waals surface area contributed by atoms with Crippen molar-refractivity contribution in [3.8, 4) is 0 Å². The fourth-order valence-electron chi connectivity index (χ4n) is 8.62. The van der Waals surface area contributed by atoms with E-state index in [1.807, 2.05) is 0 Å². The average Bonchev–Trinajstić information content (AvgIpc) is 2.88. The van der Waals surface area contributed by atoms with Crippen LogP contribution in [-0.2, 0) is 0 Å². The van der Waals surface area contributed by atoms with Crippen molar-refractivity contribution >= 4 is 0 Å². The molecule has 200 valence electrons. The van der Waals surface area contributed by atoms with Gasteiger partial charge in [-0.05, 0) is 99.2 Å². The van der Waals surface area contributed by atoms with Crippen LogP contribution in [0, 0.1) is 41.4 Å². The second-order valence-corrected chi connectivity index (χ2v) is 13.1. The molecule has 1 nitrogen and oxygen atoms in total. The topological polar surface area (TPSA) is 20.2 Å². The number of unbranched alkanes of at least 4 members (excludes halogenated alkanes) is 6. The van der Waals surface area contributed by atoms with Gasteiger partial charge in [-0.2, -0.15) is 0 Å². The monoisotopic (exact) mass is 474 g/mol. The molecule has 0 aromatic heterocycles. The zero-order valence-electron chi connectivity index (χ0n) is 23.5. The molecule has 0 radical (unpaired) electrons. The van der Waals surface area contributed by atoms with E-state index in [9.17, 15) is 5.11 Å². The molecule has 0 amide bonds. The van der Waals surface area contributed by atoms with E-state index in [0.29, 0.717) is 6.61 Å². The molecule has 3 aliphatic carbocycles. The second kappa shape index (κ2) is 16.7. The Bertz CT molecular complexity index is 477. The third-order valence-corrected chi connectivity index (χ3v) is 10.9. The molecule has 0 spiro atoms. The lowest BCUT2D eigenvalue weighted by Gasteiger charge is -2.43. The Morgan fingerprint density at radius 3 is 1.47 bits per heavy atom. The Kier molecular flexibility index (Phi) is 14.0. The van der Waals surface area contributed by atoms with Gasteiger partial charge in [0.2, 0.25) is 0 Å². The lowest BCUT2D eigenvalue weighted by Crippen LogP contribution is -2.33. The van der Waals surface area contributed by atoms with Crippen molar-refractivity contribution in [3.05, 3.63) is 0 Å². The Hall–Kier alpha value is -0.0400. The minimum Gasteiger partial charge on any atom is -0.396 e. The smallest absolute Gasteiger partial charge is 0.0433 e. The van der Waals surface area contributed by atoms with Crippen LogP contribution < -0.4 is 0 Å². The molecule has 0 aliphatic heterocycles. The molecule has 0 saturated heterocycles. The van der Waals surface area contributed by atoms with Gasteiger partial charge in [-0.15, -0.1) is 0 Å². The zero-order valence-corrected chi connectivity index (χ0v) is 23.5. The predicted molar refractivity (Wildman–Crippen MR) is 149 cm³/mol. The van der Waals surface area contributed by atoms with Crippen LogP contribution in [0.4, 0.5) is 0 Å². The predicted octanol–water partition coefficient (Wildman–Crippen LogP) is 10.3. The Morgan fingerprint density at radius 2 is 0.941 bits per heavy atom. The minimum absolute atomic E-state index is 0.421. The molecular formula is C33H62O. The molecule has 0 bridgehead atoms. The first kappa shape index (κ1) is 28.5. The third kappa shape index (κ3) is 9.44.